The average Bonchev–Trinajstić information content (AvgIpc) is 2.13. The lowest BCUT2D eigenvalue weighted by molar-refractivity contribution is -0.120. The third-order valence-corrected chi connectivity index (χ3v) is 2.29. The minimum atomic E-state index is -0.776. The van der Waals surface area contributed by atoms with Gasteiger partial charge in [0.15, 0.2) is 0 Å². The summed E-state index contributed by atoms with van der Waals surface area (Å²) in [5.41, 5.74) is -0.776. The van der Waals surface area contributed by atoms with Gasteiger partial charge in [-0.2, -0.15) is 0 Å². The number of alkyl halides is 1. The van der Waals surface area contributed by atoms with Crippen molar-refractivity contribution >= 4 is 17.5 Å². The largest absolute Gasteiger partial charge is 0.388 e. The minimum absolute atomic E-state index is 0.0521. The molecule has 0 aliphatic heterocycles. The second-order valence-corrected chi connectivity index (χ2v) is 3.11. The molecule has 0 unspecified atom stereocenters. The standard InChI is InChI=1S/C8H16ClNO2/c1-3-8(12,4-2)6-10-7(11)5-9/h12H,3-6H2,1-2H3,(H,10,11). The number of hydrogen-bond acceptors (Lipinski definition) is 2. The monoisotopic (exact) mass is 193 g/mol. The maximum atomic E-state index is 10.7. The van der Waals surface area contributed by atoms with Gasteiger partial charge < -0.3 is 10.4 Å². The summed E-state index contributed by atoms with van der Waals surface area (Å²) < 4.78 is 0. The van der Waals surface area contributed by atoms with Crippen LogP contribution in [0, 0.1) is 0 Å². The van der Waals surface area contributed by atoms with E-state index in [1.54, 1.807) is 0 Å². The van der Waals surface area contributed by atoms with Gasteiger partial charge in [0.25, 0.3) is 0 Å². The zero-order valence-corrected chi connectivity index (χ0v) is 8.32. The van der Waals surface area contributed by atoms with Crippen molar-refractivity contribution in [3.8, 4) is 0 Å². The molecular weight excluding hydrogens is 178 g/mol. The fourth-order valence-electron chi connectivity index (χ4n) is 0.810. The predicted molar refractivity (Wildman–Crippen MR) is 49.3 cm³/mol. The topological polar surface area (TPSA) is 49.3 Å². The van der Waals surface area contributed by atoms with Crippen LogP contribution in [-0.4, -0.2) is 29.0 Å². The molecule has 0 aromatic heterocycles. The van der Waals surface area contributed by atoms with Crippen LogP contribution in [0.25, 0.3) is 0 Å². The second kappa shape index (κ2) is 5.38. The van der Waals surface area contributed by atoms with Crippen LogP contribution in [0.15, 0.2) is 0 Å². The molecule has 0 bridgehead atoms. The van der Waals surface area contributed by atoms with E-state index in [-0.39, 0.29) is 18.3 Å². The lowest BCUT2D eigenvalue weighted by atomic mass is 9.98. The van der Waals surface area contributed by atoms with E-state index in [1.807, 2.05) is 13.8 Å². The number of nitrogens with one attached hydrogen (secondary N) is 1. The van der Waals surface area contributed by atoms with E-state index in [2.05, 4.69) is 5.32 Å². The molecular formula is C8H16ClNO2. The molecule has 0 saturated carbocycles. The molecule has 0 saturated heterocycles. The highest BCUT2D eigenvalue weighted by molar-refractivity contribution is 6.27. The first-order valence-electron chi connectivity index (χ1n) is 4.13. The highest BCUT2D eigenvalue weighted by atomic mass is 35.5. The first-order chi connectivity index (χ1) is 5.58. The Kier molecular flexibility index (Phi) is 5.25. The van der Waals surface area contributed by atoms with E-state index in [4.69, 9.17) is 11.6 Å². The molecule has 0 heterocycles. The van der Waals surface area contributed by atoms with Gasteiger partial charge in [0, 0.05) is 6.54 Å². The molecule has 0 aromatic rings. The first-order valence-corrected chi connectivity index (χ1v) is 4.66. The van der Waals surface area contributed by atoms with Crippen molar-refractivity contribution in [3.63, 3.8) is 0 Å². The Morgan fingerprint density at radius 2 is 2.00 bits per heavy atom. The van der Waals surface area contributed by atoms with Gasteiger partial charge in [0.05, 0.1) is 5.60 Å². The molecule has 0 spiro atoms. The van der Waals surface area contributed by atoms with Crippen LogP contribution in [-0.2, 0) is 4.79 Å². The molecule has 0 aliphatic carbocycles. The molecule has 2 N–H and O–H groups in total. The molecule has 0 atom stereocenters. The Balaban J connectivity index is 3.80. The molecule has 1 amide bonds. The van der Waals surface area contributed by atoms with Crippen molar-refractivity contribution in [1.82, 2.24) is 5.32 Å². The van der Waals surface area contributed by atoms with Crippen molar-refractivity contribution < 1.29 is 9.90 Å². The lowest BCUT2D eigenvalue weighted by Crippen LogP contribution is -2.42. The van der Waals surface area contributed by atoms with Crippen LogP contribution >= 0.6 is 11.6 Å². The van der Waals surface area contributed by atoms with Gasteiger partial charge in [-0.05, 0) is 12.8 Å². The molecule has 0 rings (SSSR count). The van der Waals surface area contributed by atoms with Gasteiger partial charge in [-0.25, -0.2) is 0 Å². The maximum absolute atomic E-state index is 10.7. The lowest BCUT2D eigenvalue weighted by Gasteiger charge is -2.25. The zero-order chi connectivity index (χ0) is 9.61. The first kappa shape index (κ1) is 11.7. The summed E-state index contributed by atoms with van der Waals surface area (Å²) in [5, 5.41) is 12.3. The van der Waals surface area contributed by atoms with Crippen molar-refractivity contribution in [1.29, 1.82) is 0 Å². The third kappa shape index (κ3) is 3.93. The summed E-state index contributed by atoms with van der Waals surface area (Å²) in [6.07, 6.45) is 1.26. The Morgan fingerprint density at radius 1 is 1.50 bits per heavy atom. The Hall–Kier alpha value is -0.280. The van der Waals surface area contributed by atoms with Crippen molar-refractivity contribution in [2.75, 3.05) is 12.4 Å². The summed E-state index contributed by atoms with van der Waals surface area (Å²) in [4.78, 5) is 10.7. The quantitative estimate of drug-likeness (QED) is 0.638. The summed E-state index contributed by atoms with van der Waals surface area (Å²) in [7, 11) is 0. The number of hydrogen-bond donors (Lipinski definition) is 2. The van der Waals surface area contributed by atoms with Crippen LogP contribution in [0.4, 0.5) is 0 Å². The molecule has 12 heavy (non-hydrogen) atoms. The summed E-state index contributed by atoms with van der Waals surface area (Å²) >= 11 is 5.27. The maximum Gasteiger partial charge on any atom is 0.235 e. The number of halogens is 1. The molecule has 0 radical (unpaired) electrons. The van der Waals surface area contributed by atoms with Crippen molar-refractivity contribution in [2.24, 2.45) is 0 Å². The van der Waals surface area contributed by atoms with Crippen LogP contribution in [0.2, 0.25) is 0 Å². The SMILES string of the molecule is CCC(O)(CC)CNC(=O)CCl. The Labute approximate surface area is 78.1 Å². The smallest absolute Gasteiger partial charge is 0.235 e. The van der Waals surface area contributed by atoms with Crippen LogP contribution in [0.5, 0.6) is 0 Å². The number of amides is 1. The second-order valence-electron chi connectivity index (χ2n) is 2.84. The van der Waals surface area contributed by atoms with Gasteiger partial charge in [-0.15, -0.1) is 11.6 Å². The average molecular weight is 194 g/mol. The van der Waals surface area contributed by atoms with E-state index in [0.29, 0.717) is 12.8 Å². The fourth-order valence-corrected chi connectivity index (χ4v) is 0.905. The molecule has 4 heteroatoms. The van der Waals surface area contributed by atoms with E-state index in [9.17, 15) is 9.90 Å². The molecule has 0 aliphatic rings. The summed E-state index contributed by atoms with van der Waals surface area (Å²) in [6.45, 7) is 4.05. The number of carbonyl (C=O) groups is 1. The Morgan fingerprint density at radius 3 is 2.33 bits per heavy atom. The normalized spacial score (nSPS) is 11.3. The summed E-state index contributed by atoms with van der Waals surface area (Å²) in [6, 6.07) is 0. The zero-order valence-electron chi connectivity index (χ0n) is 7.56. The number of aliphatic hydroxyl groups is 1. The van der Waals surface area contributed by atoms with Crippen LogP contribution in [0.3, 0.4) is 0 Å². The highest BCUT2D eigenvalue weighted by Crippen LogP contribution is 2.12. The molecule has 3 nitrogen and oxygen atoms in total. The Bertz CT molecular complexity index is 146. The number of rotatable bonds is 5. The predicted octanol–water partition coefficient (Wildman–Crippen LogP) is 0.892. The van der Waals surface area contributed by atoms with Crippen LogP contribution in [0.1, 0.15) is 26.7 Å². The third-order valence-electron chi connectivity index (χ3n) is 2.05. The minimum Gasteiger partial charge on any atom is -0.388 e. The van der Waals surface area contributed by atoms with E-state index in [0.717, 1.165) is 0 Å². The van der Waals surface area contributed by atoms with E-state index < -0.39 is 5.60 Å². The molecule has 0 aromatic carbocycles. The van der Waals surface area contributed by atoms with Gasteiger partial charge in [0.2, 0.25) is 5.91 Å². The fraction of sp³-hybridized carbons (Fsp3) is 0.875. The van der Waals surface area contributed by atoms with Crippen molar-refractivity contribution in [3.05, 3.63) is 0 Å². The van der Waals surface area contributed by atoms with E-state index >= 15 is 0 Å². The van der Waals surface area contributed by atoms with Gasteiger partial charge in [0.1, 0.15) is 5.88 Å². The van der Waals surface area contributed by atoms with Crippen LogP contribution < -0.4 is 5.32 Å². The van der Waals surface area contributed by atoms with Gasteiger partial charge in [-0.1, -0.05) is 13.8 Å². The van der Waals surface area contributed by atoms with Crippen molar-refractivity contribution in [2.45, 2.75) is 32.3 Å². The van der Waals surface area contributed by atoms with Gasteiger partial charge in [-0.3, -0.25) is 4.79 Å². The van der Waals surface area contributed by atoms with Gasteiger partial charge >= 0.3 is 0 Å². The van der Waals surface area contributed by atoms with E-state index in [1.165, 1.54) is 0 Å². The summed E-state index contributed by atoms with van der Waals surface area (Å²) in [5.74, 6) is -0.291. The highest BCUT2D eigenvalue weighted by Gasteiger charge is 2.22. The molecule has 72 valence electrons. The molecule has 0 fully saturated rings. The number of carbonyl (C=O) groups excluding carboxylic acids is 1.